The third-order valence-electron chi connectivity index (χ3n) is 5.09. The molecule has 1 atom stereocenters. The van der Waals surface area contributed by atoms with Crippen molar-refractivity contribution in [3.8, 4) is 16.9 Å². The van der Waals surface area contributed by atoms with Crippen LogP contribution in [0.2, 0.25) is 0 Å². The SMILES string of the molecule is Cc1c(O[C@@H](C)C(=O)NCc2ccncc2)ccc2c(-c3ccccc3)cc(=O)oc12. The maximum absolute atomic E-state index is 12.5. The van der Waals surface area contributed by atoms with Gasteiger partial charge in [0.25, 0.3) is 5.91 Å². The Labute approximate surface area is 179 Å². The molecule has 2 aromatic heterocycles. The number of rotatable bonds is 6. The van der Waals surface area contributed by atoms with Crippen LogP contribution in [0.4, 0.5) is 0 Å². The number of pyridine rings is 1. The smallest absolute Gasteiger partial charge is 0.336 e. The van der Waals surface area contributed by atoms with E-state index >= 15 is 0 Å². The third kappa shape index (κ3) is 4.48. The highest BCUT2D eigenvalue weighted by Crippen LogP contribution is 2.33. The summed E-state index contributed by atoms with van der Waals surface area (Å²) in [5, 5.41) is 3.66. The summed E-state index contributed by atoms with van der Waals surface area (Å²) in [5.41, 5.74) is 3.36. The Bertz CT molecular complexity index is 1270. The summed E-state index contributed by atoms with van der Waals surface area (Å²) >= 11 is 0. The van der Waals surface area contributed by atoms with Gasteiger partial charge in [-0.1, -0.05) is 30.3 Å². The average Bonchev–Trinajstić information content (AvgIpc) is 2.80. The van der Waals surface area contributed by atoms with E-state index in [1.54, 1.807) is 25.4 Å². The van der Waals surface area contributed by atoms with Crippen molar-refractivity contribution < 1.29 is 13.9 Å². The Kier molecular flexibility index (Phi) is 5.80. The molecule has 1 N–H and O–H groups in total. The molecular formula is C25H22N2O4. The first kappa shape index (κ1) is 20.3. The predicted molar refractivity (Wildman–Crippen MR) is 119 cm³/mol. The Morgan fingerprint density at radius 1 is 1.10 bits per heavy atom. The van der Waals surface area contributed by atoms with Crippen LogP contribution in [0, 0.1) is 6.92 Å². The van der Waals surface area contributed by atoms with E-state index in [-0.39, 0.29) is 5.91 Å². The first-order valence-electron chi connectivity index (χ1n) is 9.99. The van der Waals surface area contributed by atoms with Gasteiger partial charge in [-0.25, -0.2) is 4.79 Å². The fraction of sp³-hybridized carbons (Fsp3) is 0.160. The summed E-state index contributed by atoms with van der Waals surface area (Å²) in [7, 11) is 0. The summed E-state index contributed by atoms with van der Waals surface area (Å²) in [6, 6.07) is 18.5. The van der Waals surface area contributed by atoms with E-state index in [2.05, 4.69) is 10.3 Å². The normalized spacial score (nSPS) is 11.8. The highest BCUT2D eigenvalue weighted by molar-refractivity contribution is 5.95. The number of aromatic nitrogens is 1. The molecule has 2 aromatic carbocycles. The van der Waals surface area contributed by atoms with Crippen molar-refractivity contribution in [2.45, 2.75) is 26.5 Å². The van der Waals surface area contributed by atoms with Crippen LogP contribution in [-0.2, 0) is 11.3 Å². The molecule has 2 heterocycles. The zero-order chi connectivity index (χ0) is 21.8. The number of carbonyl (C=O) groups excluding carboxylic acids is 1. The van der Waals surface area contributed by atoms with Crippen molar-refractivity contribution in [1.82, 2.24) is 10.3 Å². The van der Waals surface area contributed by atoms with E-state index in [0.29, 0.717) is 23.4 Å². The van der Waals surface area contributed by atoms with Gasteiger partial charge in [0.05, 0.1) is 0 Å². The Morgan fingerprint density at radius 3 is 2.58 bits per heavy atom. The highest BCUT2D eigenvalue weighted by Gasteiger charge is 2.18. The van der Waals surface area contributed by atoms with Crippen molar-refractivity contribution in [1.29, 1.82) is 0 Å². The van der Waals surface area contributed by atoms with Gasteiger partial charge in [0, 0.05) is 36.0 Å². The van der Waals surface area contributed by atoms with Crippen LogP contribution in [0.15, 0.2) is 82.3 Å². The number of carbonyl (C=O) groups is 1. The molecule has 4 aromatic rings. The van der Waals surface area contributed by atoms with Gasteiger partial charge >= 0.3 is 5.63 Å². The van der Waals surface area contributed by atoms with E-state index in [1.807, 2.05) is 55.5 Å². The van der Waals surface area contributed by atoms with Gasteiger partial charge in [-0.3, -0.25) is 9.78 Å². The lowest BCUT2D eigenvalue weighted by atomic mass is 10.00. The lowest BCUT2D eigenvalue weighted by Gasteiger charge is -2.17. The Balaban J connectivity index is 1.58. The predicted octanol–water partition coefficient (Wildman–Crippen LogP) is 4.25. The minimum absolute atomic E-state index is 0.240. The van der Waals surface area contributed by atoms with Crippen LogP contribution in [0.5, 0.6) is 5.75 Å². The van der Waals surface area contributed by atoms with Crippen molar-refractivity contribution in [2.24, 2.45) is 0 Å². The monoisotopic (exact) mass is 414 g/mol. The molecule has 0 radical (unpaired) electrons. The lowest BCUT2D eigenvalue weighted by molar-refractivity contribution is -0.127. The standard InChI is InChI=1S/C25H22N2O4/c1-16-22(30-17(2)25(29)27-15-18-10-12-26-13-11-18)9-8-20-21(14-23(28)31-24(16)20)19-6-4-3-5-7-19/h3-14,17H,15H2,1-2H3,(H,27,29)/t17-/m0/s1. The number of nitrogens with zero attached hydrogens (tertiary/aromatic N) is 1. The van der Waals surface area contributed by atoms with Gasteiger partial charge < -0.3 is 14.5 Å². The minimum atomic E-state index is -0.720. The van der Waals surface area contributed by atoms with Crippen LogP contribution in [0.1, 0.15) is 18.1 Å². The molecule has 1 amide bonds. The average molecular weight is 414 g/mol. The number of benzene rings is 2. The molecule has 0 fully saturated rings. The number of ether oxygens (including phenoxy) is 1. The number of aryl methyl sites for hydroxylation is 1. The second-order valence-corrected chi connectivity index (χ2v) is 7.24. The van der Waals surface area contributed by atoms with Crippen LogP contribution < -0.4 is 15.7 Å². The summed E-state index contributed by atoms with van der Waals surface area (Å²) in [4.78, 5) is 28.6. The molecule has 0 bridgehead atoms. The number of hydrogen-bond donors (Lipinski definition) is 1. The van der Waals surface area contributed by atoms with Crippen LogP contribution in [0.3, 0.4) is 0 Å². The fourth-order valence-electron chi connectivity index (χ4n) is 3.40. The molecule has 6 nitrogen and oxygen atoms in total. The van der Waals surface area contributed by atoms with Crippen LogP contribution >= 0.6 is 0 Å². The number of fused-ring (bicyclic) bond motifs is 1. The van der Waals surface area contributed by atoms with Gasteiger partial charge in [-0.05, 0) is 54.8 Å². The topological polar surface area (TPSA) is 81.4 Å². The largest absolute Gasteiger partial charge is 0.480 e. The third-order valence-corrected chi connectivity index (χ3v) is 5.09. The van der Waals surface area contributed by atoms with E-state index < -0.39 is 11.7 Å². The number of nitrogens with one attached hydrogen (secondary N) is 1. The zero-order valence-corrected chi connectivity index (χ0v) is 17.3. The Hall–Kier alpha value is -3.93. The molecule has 6 heteroatoms. The van der Waals surface area contributed by atoms with Crippen molar-refractivity contribution in [3.63, 3.8) is 0 Å². The highest BCUT2D eigenvalue weighted by atomic mass is 16.5. The van der Waals surface area contributed by atoms with E-state index in [0.717, 1.165) is 22.1 Å². The van der Waals surface area contributed by atoms with E-state index in [1.165, 1.54) is 6.07 Å². The fourth-order valence-corrected chi connectivity index (χ4v) is 3.40. The molecular weight excluding hydrogens is 392 g/mol. The molecule has 31 heavy (non-hydrogen) atoms. The van der Waals surface area contributed by atoms with Gasteiger partial charge in [-0.15, -0.1) is 0 Å². The molecule has 0 spiro atoms. The summed E-state index contributed by atoms with van der Waals surface area (Å²) in [6.07, 6.45) is 2.64. The molecule has 4 rings (SSSR count). The molecule has 0 unspecified atom stereocenters. The van der Waals surface area contributed by atoms with E-state index in [9.17, 15) is 9.59 Å². The van der Waals surface area contributed by atoms with Gasteiger partial charge in [0.15, 0.2) is 6.10 Å². The van der Waals surface area contributed by atoms with Crippen molar-refractivity contribution >= 4 is 16.9 Å². The lowest BCUT2D eigenvalue weighted by Crippen LogP contribution is -2.36. The molecule has 0 saturated carbocycles. The quantitative estimate of drug-likeness (QED) is 0.477. The van der Waals surface area contributed by atoms with E-state index in [4.69, 9.17) is 9.15 Å². The molecule has 0 saturated heterocycles. The second-order valence-electron chi connectivity index (χ2n) is 7.24. The molecule has 0 aliphatic heterocycles. The number of hydrogen-bond acceptors (Lipinski definition) is 5. The molecule has 0 aliphatic carbocycles. The van der Waals surface area contributed by atoms with Gasteiger partial charge in [-0.2, -0.15) is 0 Å². The molecule has 156 valence electrons. The van der Waals surface area contributed by atoms with Gasteiger partial charge in [0.2, 0.25) is 0 Å². The Morgan fingerprint density at radius 2 is 1.84 bits per heavy atom. The molecule has 0 aliphatic rings. The zero-order valence-electron chi connectivity index (χ0n) is 17.3. The number of amides is 1. The maximum Gasteiger partial charge on any atom is 0.336 e. The first-order valence-corrected chi connectivity index (χ1v) is 9.99. The van der Waals surface area contributed by atoms with Crippen LogP contribution in [0.25, 0.3) is 22.1 Å². The second kappa shape index (κ2) is 8.83. The van der Waals surface area contributed by atoms with Crippen molar-refractivity contribution in [2.75, 3.05) is 0 Å². The maximum atomic E-state index is 12.5. The van der Waals surface area contributed by atoms with Crippen molar-refractivity contribution in [3.05, 3.63) is 94.6 Å². The van der Waals surface area contributed by atoms with Crippen LogP contribution in [-0.4, -0.2) is 17.0 Å². The summed E-state index contributed by atoms with van der Waals surface area (Å²) in [6.45, 7) is 3.89. The van der Waals surface area contributed by atoms with Gasteiger partial charge in [0.1, 0.15) is 11.3 Å². The summed E-state index contributed by atoms with van der Waals surface area (Å²) in [5.74, 6) is 0.253. The minimum Gasteiger partial charge on any atom is -0.480 e. The first-order chi connectivity index (χ1) is 15.0. The summed E-state index contributed by atoms with van der Waals surface area (Å²) < 4.78 is 11.4.